The first-order valence-electron chi connectivity index (χ1n) is 5.02. The van der Waals surface area contributed by atoms with Crippen molar-refractivity contribution in [3.8, 4) is 0 Å². The van der Waals surface area contributed by atoms with E-state index in [1.165, 1.54) is 0 Å². The molecule has 0 aromatic heterocycles. The second-order valence-corrected chi connectivity index (χ2v) is 4.25. The van der Waals surface area contributed by atoms with Crippen LogP contribution in [-0.4, -0.2) is 41.5 Å². The van der Waals surface area contributed by atoms with Crippen LogP contribution in [0.15, 0.2) is 0 Å². The molecule has 2 rings (SSSR count). The number of nitrogens with two attached hydrogens (primary N) is 1. The van der Waals surface area contributed by atoms with E-state index < -0.39 is 0 Å². The zero-order valence-corrected chi connectivity index (χ0v) is 7.91. The van der Waals surface area contributed by atoms with Crippen LogP contribution in [0.5, 0.6) is 0 Å². The van der Waals surface area contributed by atoms with Crippen LogP contribution in [0.3, 0.4) is 0 Å². The Balaban J connectivity index is 2.00. The van der Waals surface area contributed by atoms with E-state index in [9.17, 15) is 5.11 Å². The minimum absolute atomic E-state index is 0.148. The third-order valence-corrected chi connectivity index (χ3v) is 3.04. The molecule has 0 radical (unpaired) electrons. The van der Waals surface area contributed by atoms with Crippen LogP contribution in [-0.2, 0) is 4.74 Å². The van der Waals surface area contributed by atoms with E-state index in [2.05, 4.69) is 0 Å². The molecule has 2 aliphatic heterocycles. The van der Waals surface area contributed by atoms with Crippen LogP contribution in [0.4, 0.5) is 0 Å². The first-order valence-corrected chi connectivity index (χ1v) is 5.02. The van der Waals surface area contributed by atoms with Crippen molar-refractivity contribution in [2.45, 2.75) is 37.4 Å². The Hall–Kier alpha value is -0.160. The average Bonchev–Trinajstić information content (AvgIpc) is 2.02. The summed E-state index contributed by atoms with van der Waals surface area (Å²) in [7, 11) is 0. The maximum atomic E-state index is 9.57. The molecule has 0 aromatic carbocycles. The molecule has 4 heteroatoms. The summed E-state index contributed by atoms with van der Waals surface area (Å²) in [5.41, 5.74) is -0.148. The van der Waals surface area contributed by atoms with Gasteiger partial charge in [0.1, 0.15) is 0 Å². The first kappa shape index (κ1) is 9.40. The fourth-order valence-electron chi connectivity index (χ4n) is 2.42. The molecule has 0 amide bonds. The molecule has 4 nitrogen and oxygen atoms in total. The van der Waals surface area contributed by atoms with E-state index in [1.54, 1.807) is 0 Å². The predicted octanol–water partition coefficient (Wildman–Crippen LogP) is -0.134. The summed E-state index contributed by atoms with van der Waals surface area (Å²) < 4.78 is 5.77. The van der Waals surface area contributed by atoms with Gasteiger partial charge in [0.05, 0.1) is 11.7 Å². The molecule has 1 spiro atoms. The van der Waals surface area contributed by atoms with E-state index in [0.29, 0.717) is 6.61 Å². The second kappa shape index (κ2) is 3.53. The van der Waals surface area contributed by atoms with Crippen molar-refractivity contribution in [1.82, 2.24) is 5.01 Å². The molecule has 0 bridgehead atoms. The second-order valence-electron chi connectivity index (χ2n) is 4.25. The summed E-state index contributed by atoms with van der Waals surface area (Å²) >= 11 is 0. The molecule has 0 saturated carbocycles. The number of rotatable bonds is 0. The predicted molar refractivity (Wildman–Crippen MR) is 48.9 cm³/mol. The fraction of sp³-hybridized carbons (Fsp3) is 1.00. The Morgan fingerprint density at radius 1 is 1.54 bits per heavy atom. The van der Waals surface area contributed by atoms with Crippen LogP contribution < -0.4 is 5.84 Å². The van der Waals surface area contributed by atoms with Crippen molar-refractivity contribution in [3.63, 3.8) is 0 Å². The highest BCUT2D eigenvalue weighted by Crippen LogP contribution is 2.32. The standard InChI is InChI=1S/C9H18N2O2/c10-11-4-1-3-9(7-11)6-8(12)2-5-13-9/h8,12H,1-7,10H2/t8-,9+/m0/s1. The van der Waals surface area contributed by atoms with E-state index in [1.807, 2.05) is 5.01 Å². The van der Waals surface area contributed by atoms with Crippen LogP contribution >= 0.6 is 0 Å². The molecule has 0 aliphatic carbocycles. The van der Waals surface area contributed by atoms with Gasteiger partial charge < -0.3 is 9.84 Å². The van der Waals surface area contributed by atoms with Crippen molar-refractivity contribution in [3.05, 3.63) is 0 Å². The number of piperidine rings is 1. The lowest BCUT2D eigenvalue weighted by Crippen LogP contribution is -2.55. The Morgan fingerprint density at radius 3 is 3.08 bits per heavy atom. The monoisotopic (exact) mass is 186 g/mol. The minimum Gasteiger partial charge on any atom is -0.393 e. The Labute approximate surface area is 78.6 Å². The zero-order valence-electron chi connectivity index (χ0n) is 7.91. The lowest BCUT2D eigenvalue weighted by atomic mass is 9.85. The van der Waals surface area contributed by atoms with Crippen LogP contribution in [0.2, 0.25) is 0 Å². The molecular formula is C9H18N2O2. The number of hydrazine groups is 1. The highest BCUT2D eigenvalue weighted by atomic mass is 16.5. The lowest BCUT2D eigenvalue weighted by molar-refractivity contribution is -0.147. The normalized spacial score (nSPS) is 42.5. The van der Waals surface area contributed by atoms with Crippen molar-refractivity contribution in [2.75, 3.05) is 19.7 Å². The van der Waals surface area contributed by atoms with Crippen molar-refractivity contribution in [1.29, 1.82) is 0 Å². The molecule has 13 heavy (non-hydrogen) atoms. The number of hydrogen-bond donors (Lipinski definition) is 2. The summed E-state index contributed by atoms with van der Waals surface area (Å²) in [5, 5.41) is 11.4. The lowest BCUT2D eigenvalue weighted by Gasteiger charge is -2.44. The average molecular weight is 186 g/mol. The molecule has 3 N–H and O–H groups in total. The molecule has 2 aliphatic rings. The molecule has 0 aromatic rings. The largest absolute Gasteiger partial charge is 0.393 e. The molecule has 2 saturated heterocycles. The SMILES string of the molecule is NN1CCC[C@@]2(C[C@@H](O)CCO2)C1. The number of aliphatic hydroxyl groups is 1. The van der Waals surface area contributed by atoms with Gasteiger partial charge >= 0.3 is 0 Å². The van der Waals surface area contributed by atoms with Crippen LogP contribution in [0, 0.1) is 0 Å². The summed E-state index contributed by atoms with van der Waals surface area (Å²) in [4.78, 5) is 0. The van der Waals surface area contributed by atoms with E-state index in [-0.39, 0.29) is 11.7 Å². The van der Waals surface area contributed by atoms with E-state index >= 15 is 0 Å². The van der Waals surface area contributed by atoms with Gasteiger partial charge in [0.2, 0.25) is 0 Å². The Morgan fingerprint density at radius 2 is 2.38 bits per heavy atom. The molecule has 2 atom stereocenters. The third kappa shape index (κ3) is 2.02. The topological polar surface area (TPSA) is 58.7 Å². The van der Waals surface area contributed by atoms with Crippen molar-refractivity contribution < 1.29 is 9.84 Å². The maximum absolute atomic E-state index is 9.57. The number of hydrogen-bond acceptors (Lipinski definition) is 4. The van der Waals surface area contributed by atoms with Crippen molar-refractivity contribution in [2.24, 2.45) is 5.84 Å². The van der Waals surface area contributed by atoms with Gasteiger partial charge in [0.15, 0.2) is 0 Å². The fourth-order valence-corrected chi connectivity index (χ4v) is 2.42. The van der Waals surface area contributed by atoms with Gasteiger partial charge in [-0.2, -0.15) is 0 Å². The molecule has 2 heterocycles. The summed E-state index contributed by atoms with van der Waals surface area (Å²) in [6, 6.07) is 0. The summed E-state index contributed by atoms with van der Waals surface area (Å²) in [6.45, 7) is 2.39. The van der Waals surface area contributed by atoms with Gasteiger partial charge in [-0.05, 0) is 19.3 Å². The van der Waals surface area contributed by atoms with E-state index in [4.69, 9.17) is 10.6 Å². The smallest absolute Gasteiger partial charge is 0.0847 e. The Kier molecular flexibility index (Phi) is 2.55. The first-order chi connectivity index (χ1) is 6.20. The van der Waals surface area contributed by atoms with Gasteiger partial charge in [0, 0.05) is 26.1 Å². The maximum Gasteiger partial charge on any atom is 0.0847 e. The van der Waals surface area contributed by atoms with Gasteiger partial charge in [-0.3, -0.25) is 5.84 Å². The highest BCUT2D eigenvalue weighted by Gasteiger charge is 2.39. The number of nitrogens with zero attached hydrogens (tertiary/aromatic N) is 1. The highest BCUT2D eigenvalue weighted by molar-refractivity contribution is 4.91. The summed E-state index contributed by atoms with van der Waals surface area (Å²) in [6.07, 6.45) is 3.44. The quantitative estimate of drug-likeness (QED) is 0.517. The van der Waals surface area contributed by atoms with Crippen molar-refractivity contribution >= 4 is 0 Å². The van der Waals surface area contributed by atoms with Gasteiger partial charge in [-0.25, -0.2) is 5.01 Å². The van der Waals surface area contributed by atoms with Gasteiger partial charge in [-0.15, -0.1) is 0 Å². The van der Waals surface area contributed by atoms with E-state index in [0.717, 1.165) is 38.8 Å². The number of ether oxygens (including phenoxy) is 1. The number of aliphatic hydroxyl groups excluding tert-OH is 1. The van der Waals surface area contributed by atoms with Gasteiger partial charge in [-0.1, -0.05) is 0 Å². The van der Waals surface area contributed by atoms with Crippen LogP contribution in [0.1, 0.15) is 25.7 Å². The third-order valence-electron chi connectivity index (χ3n) is 3.04. The minimum atomic E-state index is -0.194. The molecular weight excluding hydrogens is 168 g/mol. The van der Waals surface area contributed by atoms with Gasteiger partial charge in [0.25, 0.3) is 0 Å². The molecule has 2 fully saturated rings. The molecule has 76 valence electrons. The Bertz CT molecular complexity index is 166. The summed E-state index contributed by atoms with van der Waals surface area (Å²) in [5.74, 6) is 5.76. The zero-order chi connectivity index (χ0) is 9.31. The molecule has 0 unspecified atom stereocenters. The van der Waals surface area contributed by atoms with Crippen LogP contribution in [0.25, 0.3) is 0 Å².